The van der Waals surface area contributed by atoms with Crippen molar-refractivity contribution >= 4 is 10.8 Å². The highest BCUT2D eigenvalue weighted by molar-refractivity contribution is 7.85. The number of rotatable bonds is 6. The molecule has 0 aromatic carbocycles. The molecular weight excluding hydrogens is 174 g/mol. The van der Waals surface area contributed by atoms with E-state index in [1.54, 1.807) is 0 Å². The average molecular weight is 193 g/mol. The third kappa shape index (κ3) is 4.85. The van der Waals surface area contributed by atoms with Crippen LogP contribution in [0.4, 0.5) is 0 Å². The Morgan fingerprint density at radius 1 is 1.58 bits per heavy atom. The van der Waals surface area contributed by atoms with Gasteiger partial charge in [-0.2, -0.15) is 0 Å². The third-order valence-electron chi connectivity index (χ3n) is 1.90. The number of aliphatic hydroxyl groups is 1. The van der Waals surface area contributed by atoms with Crippen LogP contribution in [0.2, 0.25) is 0 Å². The third-order valence-corrected chi connectivity index (χ3v) is 3.89. The van der Waals surface area contributed by atoms with Crippen LogP contribution >= 0.6 is 0 Å². The van der Waals surface area contributed by atoms with Crippen LogP contribution in [0, 0.1) is 0 Å². The van der Waals surface area contributed by atoms with Crippen LogP contribution in [0.1, 0.15) is 26.7 Å². The Bertz CT molecular complexity index is 141. The van der Waals surface area contributed by atoms with Crippen molar-refractivity contribution in [2.45, 2.75) is 38.0 Å². The van der Waals surface area contributed by atoms with Crippen LogP contribution in [0.25, 0.3) is 0 Å². The van der Waals surface area contributed by atoms with Crippen molar-refractivity contribution in [1.29, 1.82) is 0 Å². The van der Waals surface area contributed by atoms with E-state index >= 15 is 0 Å². The minimum atomic E-state index is -0.832. The van der Waals surface area contributed by atoms with Gasteiger partial charge in [-0.1, -0.05) is 13.8 Å². The molecule has 4 heteroatoms. The van der Waals surface area contributed by atoms with Gasteiger partial charge in [0, 0.05) is 34.5 Å². The zero-order chi connectivity index (χ0) is 9.56. The normalized spacial score (nSPS) is 18.7. The van der Waals surface area contributed by atoms with Crippen LogP contribution in [0.15, 0.2) is 0 Å². The number of hydrogen-bond donors (Lipinski definition) is 2. The molecular formula is C8H19NO2S. The first-order chi connectivity index (χ1) is 5.61. The van der Waals surface area contributed by atoms with Crippen molar-refractivity contribution in [1.82, 2.24) is 0 Å². The molecule has 0 amide bonds. The second-order valence-electron chi connectivity index (χ2n) is 3.04. The summed E-state index contributed by atoms with van der Waals surface area (Å²) >= 11 is 0. The van der Waals surface area contributed by atoms with E-state index in [0.29, 0.717) is 12.2 Å². The molecule has 0 bridgehead atoms. The van der Waals surface area contributed by atoms with Gasteiger partial charge in [0.25, 0.3) is 0 Å². The largest absolute Gasteiger partial charge is 0.396 e. The topological polar surface area (TPSA) is 63.3 Å². The summed E-state index contributed by atoms with van der Waals surface area (Å²) in [5.74, 6) is 0.509. The molecule has 0 aliphatic heterocycles. The molecule has 0 saturated heterocycles. The molecule has 0 radical (unpaired) electrons. The molecule has 0 heterocycles. The van der Waals surface area contributed by atoms with Crippen LogP contribution in [0.3, 0.4) is 0 Å². The summed E-state index contributed by atoms with van der Waals surface area (Å²) in [5.41, 5.74) is 5.62. The summed E-state index contributed by atoms with van der Waals surface area (Å²) in [4.78, 5) is 0. The van der Waals surface area contributed by atoms with Crippen molar-refractivity contribution in [3.05, 3.63) is 0 Å². The fourth-order valence-electron chi connectivity index (χ4n) is 0.810. The van der Waals surface area contributed by atoms with E-state index in [0.717, 1.165) is 6.42 Å². The summed E-state index contributed by atoms with van der Waals surface area (Å²) in [6.45, 7) is 4.06. The summed E-state index contributed by atoms with van der Waals surface area (Å²) in [5, 5.41) is 8.78. The Hall–Kier alpha value is 0.0700. The summed E-state index contributed by atoms with van der Waals surface area (Å²) < 4.78 is 11.4. The Kier molecular flexibility index (Phi) is 6.61. The van der Waals surface area contributed by atoms with Gasteiger partial charge in [0.2, 0.25) is 0 Å². The van der Waals surface area contributed by atoms with E-state index < -0.39 is 10.8 Å². The molecule has 74 valence electrons. The zero-order valence-electron chi connectivity index (χ0n) is 7.82. The molecule has 0 fully saturated rings. The monoisotopic (exact) mass is 193 g/mol. The molecule has 0 aliphatic carbocycles. The first-order valence-corrected chi connectivity index (χ1v) is 5.73. The van der Waals surface area contributed by atoms with Gasteiger partial charge in [-0.05, 0) is 12.8 Å². The van der Waals surface area contributed by atoms with Crippen molar-refractivity contribution < 1.29 is 9.32 Å². The molecule has 0 aliphatic rings. The lowest BCUT2D eigenvalue weighted by molar-refractivity contribution is 0.279. The molecule has 0 spiro atoms. The molecule has 0 aromatic heterocycles. The van der Waals surface area contributed by atoms with Crippen molar-refractivity contribution in [3.8, 4) is 0 Å². The second-order valence-corrected chi connectivity index (χ2v) is 4.94. The lowest BCUT2D eigenvalue weighted by Gasteiger charge is -2.13. The highest BCUT2D eigenvalue weighted by Crippen LogP contribution is 2.02. The first kappa shape index (κ1) is 12.1. The van der Waals surface area contributed by atoms with Gasteiger partial charge in [-0.25, -0.2) is 0 Å². The van der Waals surface area contributed by atoms with E-state index in [-0.39, 0.29) is 17.9 Å². The molecule has 3 atom stereocenters. The second kappa shape index (κ2) is 6.57. The Balaban J connectivity index is 3.67. The van der Waals surface area contributed by atoms with Crippen LogP contribution in [-0.4, -0.2) is 33.0 Å². The smallest absolute Gasteiger partial charge is 0.0446 e. The van der Waals surface area contributed by atoms with Gasteiger partial charge in [0.05, 0.1) is 0 Å². The van der Waals surface area contributed by atoms with Crippen molar-refractivity contribution in [2.24, 2.45) is 5.73 Å². The van der Waals surface area contributed by atoms with E-state index in [2.05, 4.69) is 0 Å². The van der Waals surface area contributed by atoms with Gasteiger partial charge in [0.15, 0.2) is 0 Å². The predicted molar refractivity (Wildman–Crippen MR) is 52.4 cm³/mol. The molecule has 3 N–H and O–H groups in total. The average Bonchev–Trinajstić information content (AvgIpc) is 2.03. The fraction of sp³-hybridized carbons (Fsp3) is 1.00. The van der Waals surface area contributed by atoms with Crippen molar-refractivity contribution in [3.63, 3.8) is 0 Å². The Morgan fingerprint density at radius 2 is 2.17 bits per heavy atom. The van der Waals surface area contributed by atoms with Gasteiger partial charge < -0.3 is 10.8 Å². The standard InChI is InChI=1S/C8H19NO2S/c1-3-7(2)12(11)6-8(9)4-5-10/h7-8,10H,3-6,9H2,1-2H3. The highest BCUT2D eigenvalue weighted by atomic mass is 32.2. The lowest BCUT2D eigenvalue weighted by Crippen LogP contribution is -2.31. The number of hydrogen-bond acceptors (Lipinski definition) is 3. The van der Waals surface area contributed by atoms with E-state index in [1.165, 1.54) is 0 Å². The minimum Gasteiger partial charge on any atom is -0.396 e. The zero-order valence-corrected chi connectivity index (χ0v) is 8.64. The number of aliphatic hydroxyl groups excluding tert-OH is 1. The number of nitrogens with two attached hydrogens (primary N) is 1. The first-order valence-electron chi connectivity index (χ1n) is 4.35. The quantitative estimate of drug-likeness (QED) is 0.635. The maximum atomic E-state index is 11.4. The summed E-state index contributed by atoms with van der Waals surface area (Å²) in [7, 11) is -0.832. The summed E-state index contributed by atoms with van der Waals surface area (Å²) in [6, 6.07) is -0.121. The molecule has 0 aromatic rings. The molecule has 12 heavy (non-hydrogen) atoms. The SMILES string of the molecule is CCC(C)S(=O)CC(N)CCO. The fourth-order valence-corrected chi connectivity index (χ4v) is 2.10. The predicted octanol–water partition coefficient (Wildman–Crippen LogP) is 0.243. The molecule has 3 nitrogen and oxygen atoms in total. The van der Waals surface area contributed by atoms with Crippen LogP contribution in [-0.2, 0) is 10.8 Å². The maximum Gasteiger partial charge on any atom is 0.0446 e. The highest BCUT2D eigenvalue weighted by Gasteiger charge is 2.12. The molecule has 0 rings (SSSR count). The van der Waals surface area contributed by atoms with Gasteiger partial charge in [-0.15, -0.1) is 0 Å². The van der Waals surface area contributed by atoms with Crippen molar-refractivity contribution in [2.75, 3.05) is 12.4 Å². The molecule has 3 unspecified atom stereocenters. The van der Waals surface area contributed by atoms with Gasteiger partial charge in [0.1, 0.15) is 0 Å². The van der Waals surface area contributed by atoms with E-state index in [9.17, 15) is 4.21 Å². The Morgan fingerprint density at radius 3 is 2.58 bits per heavy atom. The van der Waals surface area contributed by atoms with E-state index in [4.69, 9.17) is 10.8 Å². The van der Waals surface area contributed by atoms with Crippen LogP contribution < -0.4 is 5.73 Å². The van der Waals surface area contributed by atoms with Crippen LogP contribution in [0.5, 0.6) is 0 Å². The molecule has 0 saturated carbocycles. The summed E-state index contributed by atoms with van der Waals surface area (Å²) in [6.07, 6.45) is 1.46. The van der Waals surface area contributed by atoms with Gasteiger partial charge >= 0.3 is 0 Å². The minimum absolute atomic E-state index is 0.0822. The lowest BCUT2D eigenvalue weighted by atomic mass is 10.3. The van der Waals surface area contributed by atoms with E-state index in [1.807, 2.05) is 13.8 Å². The maximum absolute atomic E-state index is 11.4. The Labute approximate surface area is 76.8 Å². The van der Waals surface area contributed by atoms with Gasteiger partial charge in [-0.3, -0.25) is 4.21 Å².